The number of nitrogens with zero attached hydrogens (tertiary/aromatic N) is 1. The molecular weight excluding hydrogens is 306 g/mol. The van der Waals surface area contributed by atoms with Crippen molar-refractivity contribution in [2.24, 2.45) is 0 Å². The summed E-state index contributed by atoms with van der Waals surface area (Å²) in [6.07, 6.45) is 6.23. The molecule has 0 radical (unpaired) electrons. The maximum atomic E-state index is 4.38. The first-order valence-electron chi connectivity index (χ1n) is 8.59. The van der Waals surface area contributed by atoms with Crippen LogP contribution in [0.25, 0.3) is 5.20 Å². The lowest BCUT2D eigenvalue weighted by Gasteiger charge is -2.17. The van der Waals surface area contributed by atoms with Gasteiger partial charge in [-0.1, -0.05) is 43.1 Å². The van der Waals surface area contributed by atoms with Crippen LogP contribution in [0.4, 0.5) is 0 Å². The lowest BCUT2D eigenvalue weighted by atomic mass is 9.96. The van der Waals surface area contributed by atoms with Crippen LogP contribution in [0.2, 0.25) is 13.1 Å². The monoisotopic (exact) mass is 335 g/mol. The smallest absolute Gasteiger partial charge is 0.107 e. The molecule has 0 fully saturated rings. The first-order valence-corrected chi connectivity index (χ1v) is 11.7. The molecule has 0 saturated heterocycles. The summed E-state index contributed by atoms with van der Waals surface area (Å²) in [5.41, 5.74) is 10.6. The van der Waals surface area contributed by atoms with E-state index in [4.69, 9.17) is 0 Å². The van der Waals surface area contributed by atoms with E-state index in [-0.39, 0.29) is 0 Å². The van der Waals surface area contributed by atoms with Gasteiger partial charge in [0, 0.05) is 6.20 Å². The van der Waals surface area contributed by atoms with Crippen LogP contribution in [0.15, 0.2) is 48.3 Å². The first-order chi connectivity index (χ1) is 11.2. The average molecular weight is 336 g/mol. The second kappa shape index (κ2) is 7.31. The molecule has 2 aromatic rings. The molecule has 0 N–H and O–H groups in total. The maximum Gasteiger partial charge on any atom is 0.107 e. The van der Waals surface area contributed by atoms with E-state index in [0.717, 1.165) is 5.69 Å². The molecule has 0 aliphatic carbocycles. The Balaban J connectivity index is 0.000000177. The molecule has 126 valence electrons. The third-order valence-corrected chi connectivity index (χ3v) is 7.99. The Kier molecular flexibility index (Phi) is 5.61. The molecule has 2 heteroatoms. The Bertz CT molecular complexity index is 757. The molecule has 0 unspecified atom stereocenters. The third-order valence-electron chi connectivity index (χ3n) is 5.15. The number of allylic oxidation sites excluding steroid dienone is 2. The van der Waals surface area contributed by atoms with Crippen molar-refractivity contribution >= 4 is 13.3 Å². The van der Waals surface area contributed by atoms with Crippen molar-refractivity contribution in [3.8, 4) is 0 Å². The van der Waals surface area contributed by atoms with Crippen molar-refractivity contribution in [3.05, 3.63) is 81.8 Å². The lowest BCUT2D eigenvalue weighted by Crippen LogP contribution is -2.23. The van der Waals surface area contributed by atoms with Crippen molar-refractivity contribution in [3.63, 3.8) is 0 Å². The molecule has 3 rings (SSSR count). The van der Waals surface area contributed by atoms with E-state index in [1.165, 1.54) is 33.0 Å². The van der Waals surface area contributed by atoms with Gasteiger partial charge in [-0.05, 0) is 79.8 Å². The van der Waals surface area contributed by atoms with E-state index in [1.807, 2.05) is 18.3 Å². The molecular formula is C22H29NSi. The van der Waals surface area contributed by atoms with Gasteiger partial charge < -0.3 is 0 Å². The van der Waals surface area contributed by atoms with Crippen LogP contribution in [-0.2, 0) is 0 Å². The van der Waals surface area contributed by atoms with E-state index in [2.05, 4.69) is 82.7 Å². The van der Waals surface area contributed by atoms with Crippen LogP contribution >= 0.6 is 0 Å². The fraction of sp³-hybridized carbons (Fsp3) is 0.318. The highest BCUT2D eigenvalue weighted by Crippen LogP contribution is 2.29. The predicted molar refractivity (Wildman–Crippen MR) is 109 cm³/mol. The van der Waals surface area contributed by atoms with Crippen molar-refractivity contribution in [2.45, 2.75) is 47.7 Å². The van der Waals surface area contributed by atoms with Gasteiger partial charge in [-0.25, -0.2) is 0 Å². The molecule has 0 bridgehead atoms. The number of benzene rings is 1. The molecule has 1 aliphatic rings. The molecule has 0 amide bonds. The van der Waals surface area contributed by atoms with Crippen LogP contribution in [-0.4, -0.2) is 13.1 Å². The van der Waals surface area contributed by atoms with Gasteiger partial charge in [0.1, 0.15) is 8.07 Å². The molecule has 0 atom stereocenters. The molecule has 2 heterocycles. The molecule has 24 heavy (non-hydrogen) atoms. The summed E-state index contributed by atoms with van der Waals surface area (Å²) in [5.74, 6) is 0. The highest BCUT2D eigenvalue weighted by Gasteiger charge is 2.27. The fourth-order valence-corrected chi connectivity index (χ4v) is 5.13. The van der Waals surface area contributed by atoms with Crippen molar-refractivity contribution in [1.29, 1.82) is 0 Å². The van der Waals surface area contributed by atoms with E-state index in [9.17, 15) is 0 Å². The topological polar surface area (TPSA) is 12.9 Å². The van der Waals surface area contributed by atoms with Crippen molar-refractivity contribution in [2.75, 3.05) is 0 Å². The number of aromatic nitrogens is 1. The summed E-state index contributed by atoms with van der Waals surface area (Å²) in [4.78, 5) is 4.38. The highest BCUT2D eigenvalue weighted by molar-refractivity contribution is 6.99. The van der Waals surface area contributed by atoms with Gasteiger partial charge in [0.05, 0.1) is 5.69 Å². The molecule has 0 saturated carbocycles. The first kappa shape index (κ1) is 18.4. The maximum absolute atomic E-state index is 4.38. The van der Waals surface area contributed by atoms with E-state index in [0.29, 0.717) is 0 Å². The van der Waals surface area contributed by atoms with Crippen LogP contribution in [0, 0.1) is 34.6 Å². The van der Waals surface area contributed by atoms with Gasteiger partial charge in [-0.2, -0.15) is 0 Å². The largest absolute Gasteiger partial charge is 0.257 e. The van der Waals surface area contributed by atoms with Gasteiger partial charge in [0.25, 0.3) is 0 Å². The second-order valence-corrected chi connectivity index (χ2v) is 11.6. The quantitative estimate of drug-likeness (QED) is 0.578. The van der Waals surface area contributed by atoms with E-state index >= 15 is 0 Å². The van der Waals surface area contributed by atoms with E-state index in [1.54, 1.807) is 0 Å². The van der Waals surface area contributed by atoms with Gasteiger partial charge in [-0.15, -0.1) is 0 Å². The SMILES string of the molecule is C[Si]1(C)C=CC=C1c1ccccn1.Cc1cc(C)c(C)c(C)c1C. The summed E-state index contributed by atoms with van der Waals surface area (Å²) < 4.78 is 0. The normalized spacial score (nSPS) is 14.9. The van der Waals surface area contributed by atoms with Crippen LogP contribution in [0.1, 0.15) is 33.5 Å². The zero-order valence-electron chi connectivity index (χ0n) is 16.1. The minimum absolute atomic E-state index is 1.14. The van der Waals surface area contributed by atoms with Crippen molar-refractivity contribution in [1.82, 2.24) is 4.98 Å². The summed E-state index contributed by atoms with van der Waals surface area (Å²) in [6, 6.07) is 8.36. The Morgan fingerprint density at radius 3 is 1.92 bits per heavy atom. The second-order valence-electron chi connectivity index (χ2n) is 7.26. The standard InChI is InChI=1S/C11H13NSi.C11H16/c1-13(2)9-5-7-11(13)10-6-3-4-8-12-10;1-7-6-8(2)10(4)11(5)9(7)3/h3-9H,1-2H3;6H,1-5H3. The van der Waals surface area contributed by atoms with Crippen LogP contribution in [0.3, 0.4) is 0 Å². The minimum atomic E-state index is -1.29. The summed E-state index contributed by atoms with van der Waals surface area (Å²) in [7, 11) is -1.29. The zero-order valence-corrected chi connectivity index (χ0v) is 17.1. The highest BCUT2D eigenvalue weighted by atomic mass is 28.3. The number of aryl methyl sites for hydroxylation is 2. The summed E-state index contributed by atoms with van der Waals surface area (Å²) >= 11 is 0. The summed E-state index contributed by atoms with van der Waals surface area (Å²) in [5, 5.41) is 1.44. The van der Waals surface area contributed by atoms with Crippen LogP contribution < -0.4 is 0 Å². The Hall–Kier alpha value is -1.93. The lowest BCUT2D eigenvalue weighted by molar-refractivity contribution is 1.18. The number of pyridine rings is 1. The molecule has 1 aliphatic heterocycles. The predicted octanol–water partition coefficient (Wildman–Crippen LogP) is 6.05. The number of hydrogen-bond donors (Lipinski definition) is 0. The molecule has 1 aromatic carbocycles. The number of rotatable bonds is 1. The molecule has 1 nitrogen and oxygen atoms in total. The summed E-state index contributed by atoms with van der Waals surface area (Å²) in [6.45, 7) is 15.6. The van der Waals surface area contributed by atoms with Crippen molar-refractivity contribution < 1.29 is 0 Å². The molecule has 1 aromatic heterocycles. The minimum Gasteiger partial charge on any atom is -0.257 e. The average Bonchev–Trinajstić information content (AvgIpc) is 2.92. The fourth-order valence-electron chi connectivity index (χ4n) is 3.04. The van der Waals surface area contributed by atoms with E-state index < -0.39 is 8.07 Å². The Labute approximate surface area is 148 Å². The van der Waals surface area contributed by atoms with Gasteiger partial charge in [-0.3, -0.25) is 4.98 Å². The van der Waals surface area contributed by atoms with Crippen LogP contribution in [0.5, 0.6) is 0 Å². The van der Waals surface area contributed by atoms with Gasteiger partial charge in [0.15, 0.2) is 0 Å². The van der Waals surface area contributed by atoms with Gasteiger partial charge >= 0.3 is 0 Å². The third kappa shape index (κ3) is 3.93. The Morgan fingerprint density at radius 1 is 0.833 bits per heavy atom. The van der Waals surface area contributed by atoms with Gasteiger partial charge in [0.2, 0.25) is 0 Å². The number of hydrogen-bond acceptors (Lipinski definition) is 1. The Morgan fingerprint density at radius 2 is 1.46 bits per heavy atom. The molecule has 0 spiro atoms. The zero-order chi connectivity index (χ0) is 17.9.